The van der Waals surface area contributed by atoms with E-state index in [2.05, 4.69) is 27.7 Å². The zero-order chi connectivity index (χ0) is 57.3. The quantitative estimate of drug-likeness (QED) is 0.0334. The van der Waals surface area contributed by atoms with Crippen molar-refractivity contribution in [2.45, 2.75) is 425 Å². The van der Waals surface area contributed by atoms with E-state index in [1.165, 1.54) is 231 Å². The minimum absolute atomic E-state index is 0. The van der Waals surface area contributed by atoms with Gasteiger partial charge in [0.25, 0.3) is 0 Å². The second-order valence-corrected chi connectivity index (χ2v) is 24.1. The van der Waals surface area contributed by atoms with E-state index >= 15 is 0 Å². The Labute approximate surface area is 522 Å². The van der Waals surface area contributed by atoms with Crippen LogP contribution in [0.15, 0.2) is 0 Å². The molecule has 8 nitrogen and oxygen atoms in total. The Balaban J connectivity index is -0.00000144. The molecule has 0 radical (unpaired) electrons. The Kier molecular flexibility index (Phi) is 74.4. The van der Waals surface area contributed by atoms with Gasteiger partial charge >= 0.3 is 49.7 Å². The van der Waals surface area contributed by atoms with E-state index in [1.807, 2.05) is 0 Å². The van der Waals surface area contributed by atoms with Gasteiger partial charge in [-0.3, -0.25) is 9.59 Å². The summed E-state index contributed by atoms with van der Waals surface area (Å²) in [6.07, 6.45) is 70.9. The van der Waals surface area contributed by atoms with E-state index in [-0.39, 0.29) is 74.7 Å². The third-order valence-electron chi connectivity index (χ3n) is 16.1. The summed E-state index contributed by atoms with van der Waals surface area (Å²) >= 11 is 0. The van der Waals surface area contributed by atoms with E-state index in [4.69, 9.17) is 9.47 Å². The van der Waals surface area contributed by atoms with Gasteiger partial charge in [0.1, 0.15) is 12.2 Å². The number of ether oxygens (including phenoxy) is 2. The Morgan fingerprint density at radius 1 is 0.241 bits per heavy atom. The van der Waals surface area contributed by atoms with Crippen LogP contribution in [-0.4, -0.2) is 73.8 Å². The zero-order valence-corrected chi connectivity index (χ0v) is 55.8. The zero-order valence-electron chi connectivity index (χ0n) is 53.6. The molecule has 0 aromatic carbocycles. The van der Waals surface area contributed by atoms with Crippen molar-refractivity contribution >= 4 is 61.6 Å². The van der Waals surface area contributed by atoms with Crippen molar-refractivity contribution in [2.24, 2.45) is 0 Å². The first-order chi connectivity index (χ1) is 38.2. The molecule has 0 aliphatic heterocycles. The van der Waals surface area contributed by atoms with Crippen molar-refractivity contribution < 1.29 is 38.9 Å². The molecule has 79 heavy (non-hydrogen) atoms. The second-order valence-electron chi connectivity index (χ2n) is 24.1. The largest absolute Gasteiger partial charge is 2.00 e. The van der Waals surface area contributed by atoms with Crippen LogP contribution in [0.5, 0.6) is 0 Å². The van der Waals surface area contributed by atoms with Crippen LogP contribution in [-0.2, 0) is 28.7 Å². The van der Waals surface area contributed by atoms with Gasteiger partial charge in [0.2, 0.25) is 0 Å². The van der Waals surface area contributed by atoms with Crippen LogP contribution in [0.25, 0.3) is 0 Å². The molecule has 0 saturated carbocycles. The number of aliphatic carboxylic acids is 2. The average molecular weight is 1140 g/mol. The van der Waals surface area contributed by atoms with Crippen molar-refractivity contribution in [3.63, 3.8) is 0 Å². The number of carboxylic acids is 2. The minimum atomic E-state index is -0.924. The summed E-state index contributed by atoms with van der Waals surface area (Å²) in [5.41, 5.74) is 0. The molecule has 0 bridgehead atoms. The molecule has 2 atom stereocenters. The first-order valence-corrected chi connectivity index (χ1v) is 35.0. The molecule has 2 unspecified atom stereocenters. The van der Waals surface area contributed by atoms with Gasteiger partial charge in [-0.05, 0) is 77.0 Å². The molecule has 9 heteroatoms. The van der Waals surface area contributed by atoms with Gasteiger partial charge in [0.15, 0.2) is 0 Å². The Morgan fingerprint density at radius 3 is 0.608 bits per heavy atom. The van der Waals surface area contributed by atoms with E-state index in [0.717, 1.165) is 128 Å². The number of carboxylic acid groups (broad SMARTS) is 2. The van der Waals surface area contributed by atoms with Crippen molar-refractivity contribution in [2.75, 3.05) is 0 Å². The number of carbonyl (C=O) groups is 4. The standard InChI is InChI=1S/2C35H68O4.Ca/c2*1-3-5-7-8-9-10-11-12-13-14-19-22-25-28-32-35(38)39-33(29-6-4-2)30-26-23-20-17-15-16-18-21-24-27-31-34(36)37;/h2*33H,3-32H2,1-2H3,(H,36,37);/q;;+2/p-2. The maximum atomic E-state index is 12.4. The number of esters is 2. The number of hydrogen-bond acceptors (Lipinski definition) is 8. The Morgan fingerprint density at radius 2 is 0.405 bits per heavy atom. The summed E-state index contributed by atoms with van der Waals surface area (Å²) < 4.78 is 11.8. The summed E-state index contributed by atoms with van der Waals surface area (Å²) in [7, 11) is 0. The molecule has 0 aliphatic carbocycles. The fourth-order valence-corrected chi connectivity index (χ4v) is 10.9. The smallest absolute Gasteiger partial charge is 0.550 e. The molecule has 0 rings (SSSR count). The fourth-order valence-electron chi connectivity index (χ4n) is 10.9. The van der Waals surface area contributed by atoms with Crippen LogP contribution in [0.4, 0.5) is 0 Å². The van der Waals surface area contributed by atoms with Gasteiger partial charge in [0, 0.05) is 24.8 Å². The molecule has 0 heterocycles. The van der Waals surface area contributed by atoms with E-state index in [0.29, 0.717) is 12.8 Å². The predicted octanol–water partition coefficient (Wildman–Crippen LogP) is 20.4. The van der Waals surface area contributed by atoms with Crippen molar-refractivity contribution in [3.8, 4) is 0 Å². The molecule has 0 aromatic rings. The van der Waals surface area contributed by atoms with Crippen LogP contribution in [0.1, 0.15) is 413 Å². The van der Waals surface area contributed by atoms with Crippen molar-refractivity contribution in [3.05, 3.63) is 0 Å². The Hall–Kier alpha value is -0.860. The summed E-state index contributed by atoms with van der Waals surface area (Å²) in [5.74, 6) is -1.80. The first-order valence-electron chi connectivity index (χ1n) is 35.0. The first kappa shape index (κ1) is 82.4. The van der Waals surface area contributed by atoms with Crippen molar-refractivity contribution in [1.29, 1.82) is 0 Å². The van der Waals surface area contributed by atoms with Crippen LogP contribution in [0, 0.1) is 0 Å². The molecule has 0 saturated heterocycles. The molecule has 0 aromatic heterocycles. The number of carbonyl (C=O) groups excluding carboxylic acids is 4. The maximum absolute atomic E-state index is 12.4. The van der Waals surface area contributed by atoms with Crippen LogP contribution in [0.2, 0.25) is 0 Å². The topological polar surface area (TPSA) is 133 Å². The molecular formula is C70H134CaO8. The maximum Gasteiger partial charge on any atom is 2.00 e. The SMILES string of the molecule is CCCCCCCCCCCCCCCCC(=O)OC(CCCC)CCCCCCCCCCCCC(=O)[O-].CCCCCCCCCCCCCCCCC(=O)OC(CCCC)CCCCCCCCCCCCC(=O)[O-].[Ca+2]. The molecule has 0 fully saturated rings. The van der Waals surface area contributed by atoms with Gasteiger partial charge in [-0.25, -0.2) is 0 Å². The summed E-state index contributed by atoms with van der Waals surface area (Å²) in [5, 5.41) is 20.8. The third-order valence-corrected chi connectivity index (χ3v) is 16.1. The summed E-state index contributed by atoms with van der Waals surface area (Å²) in [4.78, 5) is 45.6. The fraction of sp³-hybridized carbons (Fsp3) is 0.943. The van der Waals surface area contributed by atoms with Crippen molar-refractivity contribution in [1.82, 2.24) is 0 Å². The van der Waals surface area contributed by atoms with Crippen LogP contribution in [0.3, 0.4) is 0 Å². The number of rotatable bonds is 64. The minimum Gasteiger partial charge on any atom is -0.550 e. The summed E-state index contributed by atoms with van der Waals surface area (Å²) in [6.45, 7) is 8.97. The average Bonchev–Trinajstić information content (AvgIpc) is 3.42. The van der Waals surface area contributed by atoms with Gasteiger partial charge < -0.3 is 29.3 Å². The predicted molar refractivity (Wildman–Crippen MR) is 335 cm³/mol. The molecule has 464 valence electrons. The van der Waals surface area contributed by atoms with E-state index in [9.17, 15) is 29.4 Å². The van der Waals surface area contributed by atoms with Gasteiger partial charge in [0.05, 0.1) is 0 Å². The molecule has 0 spiro atoms. The molecule has 0 aliphatic rings. The van der Waals surface area contributed by atoms with Gasteiger partial charge in [-0.15, -0.1) is 0 Å². The number of unbranched alkanes of at least 4 members (excludes halogenated alkanes) is 46. The molecule has 0 amide bonds. The van der Waals surface area contributed by atoms with E-state index < -0.39 is 11.9 Å². The van der Waals surface area contributed by atoms with Gasteiger partial charge in [-0.1, -0.05) is 323 Å². The van der Waals surface area contributed by atoms with Gasteiger partial charge in [-0.2, -0.15) is 0 Å². The number of hydrogen-bond donors (Lipinski definition) is 0. The van der Waals surface area contributed by atoms with Crippen LogP contribution < -0.4 is 10.2 Å². The molecule has 0 N–H and O–H groups in total. The van der Waals surface area contributed by atoms with E-state index in [1.54, 1.807) is 0 Å². The monoisotopic (exact) mass is 1140 g/mol. The molecular weight excluding hydrogens is 1010 g/mol. The Bertz CT molecular complexity index is 1140. The second kappa shape index (κ2) is 71.4. The van der Waals surface area contributed by atoms with Crippen LogP contribution >= 0.6 is 0 Å². The third kappa shape index (κ3) is 73.2. The summed E-state index contributed by atoms with van der Waals surface area (Å²) in [6, 6.07) is 0. The normalized spacial score (nSPS) is 11.9.